The number of aryl methyl sites for hydroxylation is 3. The fourth-order valence-electron chi connectivity index (χ4n) is 9.25. The summed E-state index contributed by atoms with van der Waals surface area (Å²) in [6, 6.07) is 17.6. The highest BCUT2D eigenvalue weighted by Crippen LogP contribution is 2.40. The number of rotatable bonds is 15. The van der Waals surface area contributed by atoms with Crippen LogP contribution in [-0.4, -0.2) is 88.1 Å². The van der Waals surface area contributed by atoms with Crippen molar-refractivity contribution in [3.63, 3.8) is 0 Å². The Bertz CT molecular complexity index is 3080. The van der Waals surface area contributed by atoms with Crippen LogP contribution in [0.1, 0.15) is 97.1 Å². The van der Waals surface area contributed by atoms with E-state index in [1.807, 2.05) is 99.4 Å². The number of amides is 3. The summed E-state index contributed by atoms with van der Waals surface area (Å²) in [6.07, 6.45) is 5.43. The van der Waals surface area contributed by atoms with Crippen LogP contribution in [0.2, 0.25) is 5.02 Å². The number of carbonyl (C=O) groups excluding carboxylic acids is 3. The van der Waals surface area contributed by atoms with Crippen molar-refractivity contribution in [1.82, 2.24) is 50.0 Å². The first kappa shape index (κ1) is 48.5. The van der Waals surface area contributed by atoms with Crippen LogP contribution in [0.5, 0.6) is 5.88 Å². The van der Waals surface area contributed by atoms with Gasteiger partial charge in [-0.2, -0.15) is 5.10 Å². The van der Waals surface area contributed by atoms with Crippen LogP contribution in [0.15, 0.2) is 89.8 Å². The molecule has 2 N–H and O–H groups in total. The fraction of sp³-hybridized carbons (Fsp3) is 0.365. The average molecular weight is 999 g/mol. The molecular formula is C52H56ClN11O4S2. The van der Waals surface area contributed by atoms with Gasteiger partial charge in [0, 0.05) is 58.1 Å². The first-order valence-corrected chi connectivity index (χ1v) is 25.6. The number of thiophene rings is 1. The Balaban J connectivity index is 0.831. The van der Waals surface area contributed by atoms with Gasteiger partial charge in [0.15, 0.2) is 5.82 Å². The summed E-state index contributed by atoms with van der Waals surface area (Å²) < 4.78 is 9.96. The lowest BCUT2D eigenvalue weighted by molar-refractivity contribution is -0.142. The highest BCUT2D eigenvalue weighted by Gasteiger charge is 2.42. The highest BCUT2D eigenvalue weighted by atomic mass is 35.5. The number of nitrogens with one attached hydrogen (secondary N) is 2. The summed E-state index contributed by atoms with van der Waals surface area (Å²) >= 11 is 9.55. The number of likely N-dealkylation sites (tertiary alicyclic amines) is 1. The Hall–Kier alpha value is -6.56. The summed E-state index contributed by atoms with van der Waals surface area (Å²) in [5.41, 5.74) is 10.3. The molecule has 5 atom stereocenters. The number of aromatic nitrogens is 7. The largest absolute Gasteiger partial charge is 0.473 e. The minimum atomic E-state index is -0.632. The maximum atomic E-state index is 14.5. The molecule has 2 aliphatic heterocycles. The van der Waals surface area contributed by atoms with Crippen molar-refractivity contribution in [2.45, 2.75) is 99.0 Å². The van der Waals surface area contributed by atoms with Crippen molar-refractivity contribution in [1.29, 1.82) is 0 Å². The second-order valence-corrected chi connectivity index (χ2v) is 21.1. The molecule has 1 fully saturated rings. The quantitative estimate of drug-likeness (QED) is 0.102. The van der Waals surface area contributed by atoms with E-state index in [0.717, 1.165) is 66.1 Å². The number of fused-ring (bicyclic) bond motifs is 3. The number of benzene rings is 2. The molecule has 0 saturated carbocycles. The zero-order valence-corrected chi connectivity index (χ0v) is 42.8. The van der Waals surface area contributed by atoms with Crippen molar-refractivity contribution in [2.24, 2.45) is 16.8 Å². The average Bonchev–Trinajstić information content (AvgIpc) is 4.19. The van der Waals surface area contributed by atoms with Gasteiger partial charge >= 0.3 is 0 Å². The molecule has 0 bridgehead atoms. The molecule has 18 heteroatoms. The first-order chi connectivity index (χ1) is 33.6. The minimum absolute atomic E-state index is 0.0429. The van der Waals surface area contributed by atoms with E-state index in [1.165, 1.54) is 4.88 Å². The summed E-state index contributed by atoms with van der Waals surface area (Å²) in [7, 11) is 0. The molecule has 2 aliphatic rings. The van der Waals surface area contributed by atoms with Gasteiger partial charge in [-0.15, -0.1) is 32.9 Å². The number of ether oxygens (including phenoxy) is 1. The third-order valence-electron chi connectivity index (χ3n) is 13.0. The molecule has 0 spiro atoms. The van der Waals surface area contributed by atoms with Gasteiger partial charge in [-0.25, -0.2) is 9.97 Å². The van der Waals surface area contributed by atoms with Gasteiger partial charge in [0.2, 0.25) is 23.6 Å². The number of hydrogen-bond acceptors (Lipinski definition) is 12. The topological polar surface area (TPSA) is 174 Å². The number of aliphatic imine (C=N–C) groups is 1. The Labute approximate surface area is 420 Å². The molecular weight excluding hydrogens is 942 g/mol. The second-order valence-electron chi connectivity index (χ2n) is 18.7. The third kappa shape index (κ3) is 10.1. The van der Waals surface area contributed by atoms with Crippen molar-refractivity contribution >= 4 is 57.7 Å². The number of halogens is 1. The van der Waals surface area contributed by atoms with Gasteiger partial charge in [-0.3, -0.25) is 28.6 Å². The Morgan fingerprint density at radius 2 is 1.67 bits per heavy atom. The molecule has 0 radical (unpaired) electrons. The summed E-state index contributed by atoms with van der Waals surface area (Å²) in [4.78, 5) is 60.0. The molecule has 0 aliphatic carbocycles. The van der Waals surface area contributed by atoms with Crippen molar-refractivity contribution in [3.8, 4) is 32.4 Å². The normalized spacial score (nSPS) is 17.4. The molecule has 3 amide bonds. The Kier molecular flexibility index (Phi) is 14.1. The van der Waals surface area contributed by atoms with Crippen LogP contribution in [0.25, 0.3) is 26.6 Å². The number of nitrogens with zero attached hydrogens (tertiary/aromatic N) is 9. The van der Waals surface area contributed by atoms with Crippen LogP contribution >= 0.6 is 34.3 Å². The van der Waals surface area contributed by atoms with Gasteiger partial charge in [-0.1, -0.05) is 68.8 Å². The van der Waals surface area contributed by atoms with E-state index in [4.69, 9.17) is 21.3 Å². The van der Waals surface area contributed by atoms with Crippen LogP contribution in [0.3, 0.4) is 0 Å². The number of carbonyl (C=O) groups is 3. The predicted octanol–water partition coefficient (Wildman–Crippen LogP) is 9.21. The van der Waals surface area contributed by atoms with Crippen LogP contribution in [0, 0.1) is 39.5 Å². The lowest BCUT2D eigenvalue weighted by Crippen LogP contribution is -2.48. The SMILES string of the molecule is Cc1ncsc1-c1ccc(CNC(=O)[C@@H]2C[C@@H](C)CN2C(=O)[C@H](C(C)C)n2cc(-c3ccnc(O[C@@H](C)CNC(=O)C[C@@H]4N=C(c5ccc(Cl)cc5)c5c(sc(C)c5C)-n5c(C)nnc54)c3)cn2)cc1. The Morgan fingerprint density at radius 1 is 0.914 bits per heavy atom. The molecule has 70 heavy (non-hydrogen) atoms. The highest BCUT2D eigenvalue weighted by molar-refractivity contribution is 7.15. The molecule has 2 aromatic carbocycles. The zero-order valence-electron chi connectivity index (χ0n) is 40.4. The molecule has 0 unspecified atom stereocenters. The zero-order chi connectivity index (χ0) is 49.4. The van der Waals surface area contributed by atoms with Gasteiger partial charge < -0.3 is 20.3 Å². The number of hydrogen-bond donors (Lipinski definition) is 2. The number of pyridine rings is 1. The standard InChI is InChI=1S/C52H56ClN11O4S2/c1-28(2)47(51(67)62-25-29(3)19-42(62)50(66)56-23-35-9-11-37(12-10-35)48-32(6)57-27-69-48)63-26-39(24-58-63)38-17-18-54-44(20-38)68-30(4)22-55-43(65)21-41-49-61-60-34(8)64(49)52-45(31(5)33(7)70-52)46(59-41)36-13-15-40(53)16-14-36/h9-18,20,24,26-30,41-42,47H,19,21-23,25H2,1-8H3,(H,55,65)(H,56,66)/t29-,30+,41+,42+,47+/m1/s1. The van der Waals surface area contributed by atoms with E-state index in [1.54, 1.807) is 44.6 Å². The molecule has 15 nitrogen and oxygen atoms in total. The lowest BCUT2D eigenvalue weighted by atomic mass is 9.99. The monoisotopic (exact) mass is 997 g/mol. The minimum Gasteiger partial charge on any atom is -0.473 e. The molecule has 7 heterocycles. The van der Waals surface area contributed by atoms with E-state index >= 15 is 0 Å². The van der Waals surface area contributed by atoms with E-state index in [2.05, 4.69) is 68.8 Å². The molecule has 7 aromatic rings. The summed E-state index contributed by atoms with van der Waals surface area (Å²) in [5, 5.41) is 21.4. The van der Waals surface area contributed by atoms with Crippen molar-refractivity contribution < 1.29 is 19.1 Å². The molecule has 9 rings (SSSR count). The van der Waals surface area contributed by atoms with E-state index in [0.29, 0.717) is 36.2 Å². The lowest BCUT2D eigenvalue weighted by Gasteiger charge is -2.30. The maximum Gasteiger partial charge on any atom is 0.248 e. The predicted molar refractivity (Wildman–Crippen MR) is 274 cm³/mol. The van der Waals surface area contributed by atoms with Gasteiger partial charge in [-0.05, 0) is 93.3 Å². The van der Waals surface area contributed by atoms with Crippen LogP contribution < -0.4 is 15.4 Å². The second kappa shape index (κ2) is 20.4. The van der Waals surface area contributed by atoms with Gasteiger partial charge in [0.25, 0.3) is 0 Å². The van der Waals surface area contributed by atoms with Crippen molar-refractivity contribution in [3.05, 3.63) is 134 Å². The van der Waals surface area contributed by atoms with Crippen LogP contribution in [-0.2, 0) is 20.9 Å². The van der Waals surface area contributed by atoms with Crippen molar-refractivity contribution in [2.75, 3.05) is 13.1 Å². The molecule has 362 valence electrons. The maximum absolute atomic E-state index is 14.5. The van der Waals surface area contributed by atoms with Gasteiger partial charge in [0.05, 0.1) is 41.0 Å². The smallest absolute Gasteiger partial charge is 0.248 e. The molecule has 5 aromatic heterocycles. The Morgan fingerprint density at radius 3 is 2.40 bits per heavy atom. The summed E-state index contributed by atoms with van der Waals surface area (Å²) in [5.74, 6) is 1.22. The van der Waals surface area contributed by atoms with Gasteiger partial charge in [0.1, 0.15) is 35.1 Å². The summed E-state index contributed by atoms with van der Waals surface area (Å²) in [6.45, 7) is 17.1. The number of thiazole rings is 1. The van der Waals surface area contributed by atoms with E-state index in [-0.39, 0.29) is 42.5 Å². The fourth-order valence-corrected chi connectivity index (χ4v) is 11.4. The molecule has 1 saturated heterocycles. The third-order valence-corrected chi connectivity index (χ3v) is 15.4. The first-order valence-electron chi connectivity index (χ1n) is 23.5. The van der Waals surface area contributed by atoms with Crippen LogP contribution in [0.4, 0.5) is 0 Å². The van der Waals surface area contributed by atoms with E-state index in [9.17, 15) is 14.4 Å². The van der Waals surface area contributed by atoms with E-state index < -0.39 is 24.2 Å².